The first-order chi connectivity index (χ1) is 9.56. The maximum Gasteiger partial charge on any atom is 0.264 e. The number of likely N-dealkylation sites (N-methyl/N-ethyl adjacent to an activating group) is 2. The first kappa shape index (κ1) is 13.9. The van der Waals surface area contributed by atoms with E-state index >= 15 is 0 Å². The Kier molecular flexibility index (Phi) is 3.50. The van der Waals surface area contributed by atoms with Gasteiger partial charge in [0.15, 0.2) is 5.37 Å². The standard InChI is InChI=1S/C13H16N2O3S2/c1-14-11-10(16)15(2)13(12(14)17,20-19-11)8-18-9-6-4-3-5-7-9/h3-4,6,11H,5,7-8H2,1-2H3/t11?,13-/m0/s1. The lowest BCUT2D eigenvalue weighted by Gasteiger charge is -2.52. The van der Waals surface area contributed by atoms with E-state index in [0.29, 0.717) is 0 Å². The maximum atomic E-state index is 12.5. The molecule has 3 fully saturated rings. The molecule has 7 heteroatoms. The summed E-state index contributed by atoms with van der Waals surface area (Å²) in [5, 5.41) is -0.406. The smallest absolute Gasteiger partial charge is 0.264 e. The van der Waals surface area contributed by atoms with Crippen molar-refractivity contribution in [3.05, 3.63) is 24.0 Å². The Bertz CT molecular complexity index is 520. The number of ether oxygens (including phenoxy) is 1. The van der Waals surface area contributed by atoms with Crippen molar-refractivity contribution in [2.24, 2.45) is 0 Å². The van der Waals surface area contributed by atoms with Crippen LogP contribution in [0.2, 0.25) is 0 Å². The lowest BCUT2D eigenvalue weighted by Crippen LogP contribution is -2.71. The second kappa shape index (κ2) is 5.04. The molecule has 20 heavy (non-hydrogen) atoms. The normalized spacial score (nSPS) is 32.7. The summed E-state index contributed by atoms with van der Waals surface area (Å²) in [5.41, 5.74) is 0. The SMILES string of the molecule is CN1C(=O)[C@]2(COC3=CC=CCC3)SSC1C(=O)N2C. The summed E-state index contributed by atoms with van der Waals surface area (Å²) in [4.78, 5) is 26.9. The number of hydrogen-bond acceptors (Lipinski definition) is 5. The van der Waals surface area contributed by atoms with Gasteiger partial charge in [-0.05, 0) is 23.3 Å². The third-order valence-electron chi connectivity index (χ3n) is 3.80. The van der Waals surface area contributed by atoms with Gasteiger partial charge in [-0.2, -0.15) is 0 Å². The van der Waals surface area contributed by atoms with Gasteiger partial charge >= 0.3 is 0 Å². The van der Waals surface area contributed by atoms with Crippen molar-refractivity contribution in [2.75, 3.05) is 20.7 Å². The van der Waals surface area contributed by atoms with Crippen LogP contribution < -0.4 is 0 Å². The Labute approximate surface area is 125 Å². The Morgan fingerprint density at radius 3 is 2.95 bits per heavy atom. The molecule has 2 atom stereocenters. The molecule has 0 aromatic rings. The number of allylic oxidation sites excluding steroid dienone is 4. The van der Waals surface area contributed by atoms with E-state index in [1.165, 1.54) is 26.5 Å². The van der Waals surface area contributed by atoms with E-state index in [1.54, 1.807) is 19.0 Å². The van der Waals surface area contributed by atoms with Gasteiger partial charge in [0.25, 0.3) is 11.8 Å². The summed E-state index contributed by atoms with van der Waals surface area (Å²) in [6.07, 6.45) is 7.75. The zero-order chi connectivity index (χ0) is 14.3. The number of nitrogens with zero attached hydrogens (tertiary/aromatic N) is 2. The molecule has 1 unspecified atom stereocenters. The molecule has 4 rings (SSSR count). The summed E-state index contributed by atoms with van der Waals surface area (Å²) in [7, 11) is 6.24. The molecule has 0 N–H and O–H groups in total. The Balaban J connectivity index is 1.81. The third-order valence-corrected chi connectivity index (χ3v) is 7.10. The van der Waals surface area contributed by atoms with Crippen molar-refractivity contribution in [3.8, 4) is 0 Å². The monoisotopic (exact) mass is 312 g/mol. The van der Waals surface area contributed by atoms with E-state index in [9.17, 15) is 9.59 Å². The molecular weight excluding hydrogens is 296 g/mol. The van der Waals surface area contributed by atoms with Crippen molar-refractivity contribution in [1.29, 1.82) is 0 Å². The number of piperazine rings is 1. The van der Waals surface area contributed by atoms with Gasteiger partial charge in [-0.3, -0.25) is 9.59 Å². The Morgan fingerprint density at radius 1 is 1.45 bits per heavy atom. The molecule has 0 spiro atoms. The highest BCUT2D eigenvalue weighted by Gasteiger charge is 2.60. The molecule has 3 aliphatic heterocycles. The van der Waals surface area contributed by atoms with Gasteiger partial charge in [0.2, 0.25) is 4.87 Å². The molecule has 1 aliphatic carbocycles. The molecule has 0 aromatic heterocycles. The van der Waals surface area contributed by atoms with Crippen LogP contribution in [0.25, 0.3) is 0 Å². The second-order valence-electron chi connectivity index (χ2n) is 5.02. The van der Waals surface area contributed by atoms with E-state index in [0.717, 1.165) is 18.6 Å². The largest absolute Gasteiger partial charge is 0.494 e. The van der Waals surface area contributed by atoms with Crippen molar-refractivity contribution >= 4 is 33.4 Å². The van der Waals surface area contributed by atoms with Crippen molar-refractivity contribution in [3.63, 3.8) is 0 Å². The van der Waals surface area contributed by atoms with Crippen LogP contribution in [-0.2, 0) is 14.3 Å². The predicted molar refractivity (Wildman–Crippen MR) is 79.7 cm³/mol. The quantitative estimate of drug-likeness (QED) is 0.741. The lowest BCUT2D eigenvalue weighted by molar-refractivity contribution is -0.159. The van der Waals surface area contributed by atoms with Gasteiger partial charge in [-0.25, -0.2) is 0 Å². The fraction of sp³-hybridized carbons (Fsp3) is 0.538. The summed E-state index contributed by atoms with van der Waals surface area (Å²) >= 11 is 0. The van der Waals surface area contributed by atoms with Gasteiger partial charge in [0.05, 0.1) is 5.76 Å². The Hall–Kier alpha value is -1.08. The molecule has 0 radical (unpaired) electrons. The second-order valence-corrected chi connectivity index (χ2v) is 7.58. The van der Waals surface area contributed by atoms with E-state index in [-0.39, 0.29) is 18.4 Å². The van der Waals surface area contributed by atoms with E-state index in [1.807, 2.05) is 12.2 Å². The van der Waals surface area contributed by atoms with Crippen LogP contribution in [0.4, 0.5) is 0 Å². The van der Waals surface area contributed by atoms with Crippen LogP contribution in [0, 0.1) is 0 Å². The van der Waals surface area contributed by atoms with Crippen LogP contribution in [-0.4, -0.2) is 52.6 Å². The van der Waals surface area contributed by atoms with Gasteiger partial charge in [0.1, 0.15) is 6.61 Å². The minimum absolute atomic E-state index is 0.0306. The Morgan fingerprint density at radius 2 is 2.25 bits per heavy atom. The topological polar surface area (TPSA) is 49.9 Å². The molecule has 3 saturated heterocycles. The average Bonchev–Trinajstić information content (AvgIpc) is 2.48. The molecule has 108 valence electrons. The number of carbonyl (C=O) groups is 2. The number of rotatable bonds is 3. The summed E-state index contributed by atoms with van der Waals surface area (Å²) in [5.74, 6) is 0.786. The minimum atomic E-state index is -0.937. The van der Waals surface area contributed by atoms with E-state index in [4.69, 9.17) is 4.74 Å². The number of carbonyl (C=O) groups excluding carboxylic acids is 2. The minimum Gasteiger partial charge on any atom is -0.494 e. The fourth-order valence-corrected chi connectivity index (χ4v) is 5.75. The van der Waals surface area contributed by atoms with Crippen LogP contribution in [0.15, 0.2) is 24.0 Å². The fourth-order valence-electron chi connectivity index (χ4n) is 2.43. The van der Waals surface area contributed by atoms with Gasteiger partial charge in [0, 0.05) is 20.5 Å². The zero-order valence-corrected chi connectivity index (χ0v) is 13.0. The third kappa shape index (κ3) is 1.95. The molecule has 5 nitrogen and oxygen atoms in total. The molecule has 2 amide bonds. The summed E-state index contributed by atoms with van der Waals surface area (Å²) in [6, 6.07) is 0. The molecule has 0 saturated carbocycles. The molecule has 3 heterocycles. The molecule has 0 aromatic carbocycles. The van der Waals surface area contributed by atoms with Crippen LogP contribution >= 0.6 is 21.6 Å². The highest BCUT2D eigenvalue weighted by atomic mass is 33.1. The molecule has 2 bridgehead atoms. The first-order valence-electron chi connectivity index (χ1n) is 6.44. The number of amides is 2. The summed E-state index contributed by atoms with van der Waals surface area (Å²) < 4.78 is 5.81. The van der Waals surface area contributed by atoms with Crippen molar-refractivity contribution in [1.82, 2.24) is 9.80 Å². The maximum absolute atomic E-state index is 12.5. The molecular formula is C13H16N2O3S2. The van der Waals surface area contributed by atoms with E-state index in [2.05, 4.69) is 6.08 Å². The highest BCUT2D eigenvalue weighted by molar-refractivity contribution is 8.78. The van der Waals surface area contributed by atoms with Crippen LogP contribution in [0.5, 0.6) is 0 Å². The van der Waals surface area contributed by atoms with Crippen molar-refractivity contribution in [2.45, 2.75) is 23.1 Å². The van der Waals surface area contributed by atoms with Crippen molar-refractivity contribution < 1.29 is 14.3 Å². The van der Waals surface area contributed by atoms with Crippen LogP contribution in [0.1, 0.15) is 12.8 Å². The lowest BCUT2D eigenvalue weighted by atomic mass is 10.1. The molecule has 4 aliphatic rings. The van der Waals surface area contributed by atoms with Gasteiger partial charge in [-0.1, -0.05) is 22.9 Å². The summed E-state index contributed by atoms with van der Waals surface area (Å²) in [6.45, 7) is 0.197. The van der Waals surface area contributed by atoms with E-state index < -0.39 is 10.2 Å². The number of fused-ring (bicyclic) bond motifs is 3. The number of hydrogen-bond donors (Lipinski definition) is 0. The zero-order valence-electron chi connectivity index (χ0n) is 11.4. The van der Waals surface area contributed by atoms with Gasteiger partial charge in [-0.15, -0.1) is 0 Å². The predicted octanol–water partition coefficient (Wildman–Crippen LogP) is 1.58. The van der Waals surface area contributed by atoms with Crippen LogP contribution in [0.3, 0.4) is 0 Å². The highest BCUT2D eigenvalue weighted by Crippen LogP contribution is 2.52. The average molecular weight is 312 g/mol. The van der Waals surface area contributed by atoms with Gasteiger partial charge < -0.3 is 14.5 Å². The first-order valence-corrected chi connectivity index (χ1v) is 8.65.